The van der Waals surface area contributed by atoms with E-state index < -0.39 is 27.6 Å². The average molecular weight is 672 g/mol. The Labute approximate surface area is 266 Å². The van der Waals surface area contributed by atoms with E-state index in [0.29, 0.717) is 23.0 Å². The van der Waals surface area contributed by atoms with Gasteiger partial charge in [0.25, 0.3) is 5.91 Å². The molecule has 0 bridgehead atoms. The van der Waals surface area contributed by atoms with Crippen molar-refractivity contribution in [2.45, 2.75) is 39.0 Å². The minimum atomic E-state index is -4.79. The topological polar surface area (TPSA) is 129 Å². The van der Waals surface area contributed by atoms with E-state index in [1.54, 1.807) is 12.1 Å². The first kappa shape index (κ1) is 35.7. The summed E-state index contributed by atoms with van der Waals surface area (Å²) in [6.07, 6.45) is -2.39. The average Bonchev–Trinajstić information content (AvgIpc) is 2.97. The maximum atomic E-state index is 13.9. The van der Waals surface area contributed by atoms with Gasteiger partial charge in [-0.15, -0.1) is 0 Å². The number of methoxy groups -OCH3 is 1. The molecule has 0 aliphatic rings. The van der Waals surface area contributed by atoms with Crippen molar-refractivity contribution in [1.29, 1.82) is 0 Å². The number of nitrogens with zero attached hydrogens (tertiary/aromatic N) is 4. The van der Waals surface area contributed by atoms with Crippen molar-refractivity contribution >= 4 is 50.7 Å². The quantitative estimate of drug-likeness (QED) is 0.207. The van der Waals surface area contributed by atoms with Gasteiger partial charge in [-0.25, -0.2) is 13.4 Å². The standard InChI is InChI=1S/C29H37ClF3N7O4S/c1-7-39(3)13-12-18(2)36-27(41)19-9-11-23(25(14-19)44-5)37-28-35-17-22(29(31,32)33)26(38-28)34-16-20-8-10-21(30)15-24(20)40(4)45(6,42)43/h8-11,14-15,17-18H,7,12-13,16H2,1-6H3,(H,36,41)(H2,34,35,37,38). The van der Waals surface area contributed by atoms with Crippen LogP contribution in [0.3, 0.4) is 0 Å². The highest BCUT2D eigenvalue weighted by Gasteiger charge is 2.35. The second-order valence-electron chi connectivity index (χ2n) is 10.4. The van der Waals surface area contributed by atoms with Crippen molar-refractivity contribution in [3.8, 4) is 5.75 Å². The second-order valence-corrected chi connectivity index (χ2v) is 12.9. The summed E-state index contributed by atoms with van der Waals surface area (Å²) in [4.78, 5) is 22.9. The summed E-state index contributed by atoms with van der Waals surface area (Å²) >= 11 is 6.06. The van der Waals surface area contributed by atoms with Gasteiger partial charge in [0, 0.05) is 36.4 Å². The number of ether oxygens (including phenoxy) is 1. The predicted octanol–water partition coefficient (Wildman–Crippen LogP) is 5.37. The number of benzene rings is 2. The molecule has 16 heteroatoms. The first-order valence-electron chi connectivity index (χ1n) is 13.9. The first-order valence-corrected chi connectivity index (χ1v) is 16.1. The van der Waals surface area contributed by atoms with Gasteiger partial charge in [-0.3, -0.25) is 9.10 Å². The molecule has 3 N–H and O–H groups in total. The smallest absolute Gasteiger partial charge is 0.421 e. The van der Waals surface area contributed by atoms with Gasteiger partial charge in [0.2, 0.25) is 16.0 Å². The summed E-state index contributed by atoms with van der Waals surface area (Å²) in [6, 6.07) is 8.93. The fourth-order valence-electron chi connectivity index (χ4n) is 4.13. The molecule has 1 heterocycles. The lowest BCUT2D eigenvalue weighted by Crippen LogP contribution is -2.35. The van der Waals surface area contributed by atoms with E-state index in [9.17, 15) is 26.4 Å². The highest BCUT2D eigenvalue weighted by molar-refractivity contribution is 7.92. The van der Waals surface area contributed by atoms with Crippen molar-refractivity contribution in [2.24, 2.45) is 0 Å². The number of nitrogens with one attached hydrogen (secondary N) is 3. The van der Waals surface area contributed by atoms with Gasteiger partial charge >= 0.3 is 6.18 Å². The van der Waals surface area contributed by atoms with Crippen LogP contribution in [0.5, 0.6) is 5.75 Å². The minimum absolute atomic E-state index is 0.0718. The number of halogens is 4. The summed E-state index contributed by atoms with van der Waals surface area (Å²) in [7, 11) is 1.02. The van der Waals surface area contributed by atoms with Crippen LogP contribution in [-0.2, 0) is 22.7 Å². The Bertz CT molecular complexity index is 1610. The molecule has 246 valence electrons. The van der Waals surface area contributed by atoms with Crippen LogP contribution in [0.4, 0.5) is 36.3 Å². The third kappa shape index (κ3) is 9.83. The maximum absolute atomic E-state index is 13.9. The van der Waals surface area contributed by atoms with Crippen LogP contribution < -0.4 is 25.0 Å². The van der Waals surface area contributed by atoms with E-state index in [2.05, 4.69) is 37.7 Å². The van der Waals surface area contributed by atoms with Crippen molar-refractivity contribution < 1.29 is 31.1 Å². The van der Waals surface area contributed by atoms with Gasteiger partial charge in [0.1, 0.15) is 17.1 Å². The van der Waals surface area contributed by atoms with Crippen LogP contribution >= 0.6 is 11.6 Å². The van der Waals surface area contributed by atoms with Gasteiger partial charge in [0.05, 0.1) is 24.7 Å². The molecule has 0 radical (unpaired) electrons. The third-order valence-corrected chi connectivity index (χ3v) is 8.42. The fraction of sp³-hybridized carbons (Fsp3) is 0.414. The van der Waals surface area contributed by atoms with E-state index >= 15 is 0 Å². The number of carbonyl (C=O) groups is 1. The Morgan fingerprint density at radius 3 is 2.49 bits per heavy atom. The Morgan fingerprint density at radius 1 is 1.16 bits per heavy atom. The lowest BCUT2D eigenvalue weighted by molar-refractivity contribution is -0.137. The van der Waals surface area contributed by atoms with Crippen LogP contribution in [0.2, 0.25) is 5.02 Å². The molecule has 1 amide bonds. The van der Waals surface area contributed by atoms with Crippen molar-refractivity contribution in [3.05, 3.63) is 64.3 Å². The van der Waals surface area contributed by atoms with Crippen LogP contribution in [0, 0.1) is 0 Å². The molecule has 1 aromatic heterocycles. The zero-order chi connectivity index (χ0) is 33.5. The Hall–Kier alpha value is -3.82. The Kier molecular flexibility index (Phi) is 11.9. The SMILES string of the molecule is CCN(C)CCC(C)NC(=O)c1ccc(Nc2ncc(C(F)(F)F)c(NCc3ccc(Cl)cc3N(C)S(C)(=O)=O)n2)c(OC)c1. The van der Waals surface area contributed by atoms with Crippen LogP contribution in [0.1, 0.15) is 41.8 Å². The number of sulfonamides is 1. The number of hydrogen-bond acceptors (Lipinski definition) is 9. The fourth-order valence-corrected chi connectivity index (χ4v) is 4.82. The van der Waals surface area contributed by atoms with E-state index in [1.165, 1.54) is 38.4 Å². The molecule has 0 saturated carbocycles. The summed E-state index contributed by atoms with van der Waals surface area (Å²) in [5, 5.41) is 8.70. The van der Waals surface area contributed by atoms with Gasteiger partial charge in [-0.05, 0) is 69.4 Å². The largest absolute Gasteiger partial charge is 0.495 e. The van der Waals surface area contributed by atoms with Crippen molar-refractivity contribution in [3.63, 3.8) is 0 Å². The molecule has 3 rings (SSSR count). The molecule has 0 aliphatic carbocycles. The van der Waals surface area contributed by atoms with Gasteiger partial charge in [0.15, 0.2) is 0 Å². The number of alkyl halides is 3. The molecule has 11 nitrogen and oxygen atoms in total. The summed E-state index contributed by atoms with van der Waals surface area (Å²) in [6.45, 7) is 5.48. The van der Waals surface area contributed by atoms with E-state index in [0.717, 1.165) is 30.1 Å². The Morgan fingerprint density at radius 2 is 1.87 bits per heavy atom. The van der Waals surface area contributed by atoms with Crippen molar-refractivity contribution in [1.82, 2.24) is 20.2 Å². The van der Waals surface area contributed by atoms with Gasteiger partial charge in [-0.2, -0.15) is 18.2 Å². The molecule has 0 saturated heterocycles. The Balaban J connectivity index is 1.85. The zero-order valence-corrected chi connectivity index (χ0v) is 27.4. The molecule has 1 unspecified atom stereocenters. The van der Waals surface area contributed by atoms with Crippen LogP contribution in [-0.4, -0.2) is 75.8 Å². The number of anilines is 4. The summed E-state index contributed by atoms with van der Waals surface area (Å²) in [5.74, 6) is -0.777. The van der Waals surface area contributed by atoms with Crippen LogP contribution in [0.25, 0.3) is 0 Å². The zero-order valence-electron chi connectivity index (χ0n) is 25.8. The second kappa shape index (κ2) is 15.0. The highest BCUT2D eigenvalue weighted by atomic mass is 35.5. The molecule has 0 spiro atoms. The lowest BCUT2D eigenvalue weighted by Gasteiger charge is -2.21. The van der Waals surface area contributed by atoms with E-state index in [1.807, 2.05) is 14.0 Å². The minimum Gasteiger partial charge on any atom is -0.495 e. The third-order valence-electron chi connectivity index (χ3n) is 7.00. The van der Waals surface area contributed by atoms with Crippen molar-refractivity contribution in [2.75, 3.05) is 55.5 Å². The first-order chi connectivity index (χ1) is 21.0. The van der Waals surface area contributed by atoms with Crippen LogP contribution in [0.15, 0.2) is 42.6 Å². The molecule has 3 aromatic rings. The molecule has 45 heavy (non-hydrogen) atoms. The normalized spacial score (nSPS) is 12.5. The number of hydrogen-bond donors (Lipinski definition) is 3. The molecular formula is C29H37ClF3N7O4S. The van der Waals surface area contributed by atoms with Gasteiger partial charge < -0.3 is 25.6 Å². The summed E-state index contributed by atoms with van der Waals surface area (Å²) in [5.41, 5.74) is 0.0675. The number of carbonyl (C=O) groups excluding carboxylic acids is 1. The molecule has 0 fully saturated rings. The van der Waals surface area contributed by atoms with Gasteiger partial charge in [-0.1, -0.05) is 24.6 Å². The summed E-state index contributed by atoms with van der Waals surface area (Å²) < 4.78 is 72.3. The molecule has 0 aliphatic heterocycles. The number of aromatic nitrogens is 2. The van der Waals surface area contributed by atoms with E-state index in [4.69, 9.17) is 16.3 Å². The maximum Gasteiger partial charge on any atom is 0.421 e. The number of rotatable bonds is 14. The lowest BCUT2D eigenvalue weighted by atomic mass is 10.1. The monoisotopic (exact) mass is 671 g/mol. The van der Waals surface area contributed by atoms with E-state index in [-0.39, 0.29) is 40.9 Å². The molecular weight excluding hydrogens is 635 g/mol. The number of amides is 1. The predicted molar refractivity (Wildman–Crippen MR) is 170 cm³/mol. The molecule has 2 aromatic carbocycles. The highest BCUT2D eigenvalue weighted by Crippen LogP contribution is 2.36. The molecule has 1 atom stereocenters.